The minimum absolute atomic E-state index is 0.140. The summed E-state index contributed by atoms with van der Waals surface area (Å²) in [6.45, 7) is 4.40. The van der Waals surface area contributed by atoms with E-state index in [0.717, 1.165) is 26.4 Å². The van der Waals surface area contributed by atoms with E-state index in [1.807, 2.05) is 37.4 Å². The summed E-state index contributed by atoms with van der Waals surface area (Å²) in [5.41, 5.74) is 8.69. The minimum atomic E-state index is -0.140. The number of aryl methyl sites for hydroxylation is 2. The maximum Gasteiger partial charge on any atom is 0.263 e. The Morgan fingerprint density at radius 3 is 2.86 bits per heavy atom. The number of nitrogens with two attached hydrogens (primary N) is 1. The lowest BCUT2D eigenvalue weighted by atomic mass is 10.1. The number of benzene rings is 1. The van der Waals surface area contributed by atoms with Crippen molar-refractivity contribution in [2.45, 2.75) is 20.4 Å². The second-order valence-corrected chi connectivity index (χ2v) is 6.92. The van der Waals surface area contributed by atoms with Crippen LogP contribution in [0.5, 0.6) is 0 Å². The monoisotopic (exact) mass is 317 g/mol. The quantitative estimate of drug-likeness (QED) is 0.777. The molecule has 0 aliphatic heterocycles. The van der Waals surface area contributed by atoms with Crippen LogP contribution >= 0.6 is 22.7 Å². The molecule has 0 radical (unpaired) electrons. The predicted octanol–water partition coefficient (Wildman–Crippen LogP) is 3.49. The van der Waals surface area contributed by atoms with E-state index in [4.69, 9.17) is 5.73 Å². The molecule has 0 aliphatic rings. The van der Waals surface area contributed by atoms with Gasteiger partial charge in [-0.15, -0.1) is 22.7 Å². The van der Waals surface area contributed by atoms with Crippen molar-refractivity contribution in [3.05, 3.63) is 44.7 Å². The standard InChI is InChI=1S/C15H15N3OS2/c1-8-4-3-5-11-12(16)14(21-13(8)11)15(19)17-6-10-7-20-9(2)18-10/h3-5,7H,6,16H2,1-2H3,(H,17,19). The van der Waals surface area contributed by atoms with Gasteiger partial charge in [0, 0.05) is 15.5 Å². The van der Waals surface area contributed by atoms with E-state index in [1.165, 1.54) is 11.3 Å². The number of anilines is 1. The Bertz CT molecular complexity index is 820. The normalized spacial score (nSPS) is 11.0. The highest BCUT2D eigenvalue weighted by atomic mass is 32.1. The first-order valence-electron chi connectivity index (χ1n) is 6.53. The highest BCUT2D eigenvalue weighted by Crippen LogP contribution is 2.35. The number of nitrogens with one attached hydrogen (secondary N) is 1. The van der Waals surface area contributed by atoms with Crippen molar-refractivity contribution in [1.82, 2.24) is 10.3 Å². The molecule has 3 aromatic rings. The summed E-state index contributed by atoms with van der Waals surface area (Å²) in [5, 5.41) is 6.79. The molecule has 2 heterocycles. The topological polar surface area (TPSA) is 68.0 Å². The first-order valence-corrected chi connectivity index (χ1v) is 8.22. The van der Waals surface area contributed by atoms with Gasteiger partial charge in [-0.1, -0.05) is 18.2 Å². The Kier molecular flexibility index (Phi) is 3.65. The molecule has 6 heteroatoms. The van der Waals surface area contributed by atoms with Crippen molar-refractivity contribution in [3.63, 3.8) is 0 Å². The SMILES string of the molecule is Cc1nc(CNC(=O)c2sc3c(C)cccc3c2N)cs1. The Labute approximate surface area is 130 Å². The van der Waals surface area contributed by atoms with Crippen LogP contribution in [0, 0.1) is 13.8 Å². The molecule has 4 nitrogen and oxygen atoms in total. The Morgan fingerprint density at radius 2 is 2.19 bits per heavy atom. The summed E-state index contributed by atoms with van der Waals surface area (Å²) in [6, 6.07) is 5.94. The molecule has 1 amide bonds. The molecular weight excluding hydrogens is 302 g/mol. The molecule has 0 aliphatic carbocycles. The number of nitrogens with zero attached hydrogens (tertiary/aromatic N) is 1. The zero-order chi connectivity index (χ0) is 15.0. The van der Waals surface area contributed by atoms with Gasteiger partial charge in [0.15, 0.2) is 0 Å². The number of aromatic nitrogens is 1. The van der Waals surface area contributed by atoms with Crippen LogP contribution in [0.4, 0.5) is 5.69 Å². The number of fused-ring (bicyclic) bond motifs is 1. The Balaban J connectivity index is 1.84. The van der Waals surface area contributed by atoms with Crippen molar-refractivity contribution in [2.75, 3.05) is 5.73 Å². The molecule has 3 rings (SSSR count). The van der Waals surface area contributed by atoms with Gasteiger partial charge in [0.05, 0.1) is 22.9 Å². The molecule has 3 N–H and O–H groups in total. The van der Waals surface area contributed by atoms with Crippen molar-refractivity contribution in [3.8, 4) is 0 Å². The van der Waals surface area contributed by atoms with E-state index in [9.17, 15) is 4.79 Å². The third kappa shape index (κ3) is 2.64. The minimum Gasteiger partial charge on any atom is -0.397 e. The molecule has 2 aromatic heterocycles. The number of hydrogen-bond donors (Lipinski definition) is 2. The predicted molar refractivity (Wildman–Crippen MR) is 89.0 cm³/mol. The second-order valence-electron chi connectivity index (χ2n) is 4.84. The third-order valence-electron chi connectivity index (χ3n) is 3.25. The molecule has 1 aromatic carbocycles. The van der Waals surface area contributed by atoms with Gasteiger partial charge in [0.25, 0.3) is 5.91 Å². The summed E-state index contributed by atoms with van der Waals surface area (Å²) in [5.74, 6) is -0.140. The zero-order valence-electron chi connectivity index (χ0n) is 11.8. The van der Waals surface area contributed by atoms with Crippen LogP contribution in [0.25, 0.3) is 10.1 Å². The van der Waals surface area contributed by atoms with Gasteiger partial charge in [-0.25, -0.2) is 4.98 Å². The summed E-state index contributed by atoms with van der Waals surface area (Å²) < 4.78 is 1.07. The lowest BCUT2D eigenvalue weighted by molar-refractivity contribution is 0.0955. The molecule has 0 spiro atoms. The molecule has 0 fully saturated rings. The van der Waals surface area contributed by atoms with Gasteiger partial charge < -0.3 is 11.1 Å². The van der Waals surface area contributed by atoms with Gasteiger partial charge >= 0.3 is 0 Å². The largest absolute Gasteiger partial charge is 0.397 e. The smallest absolute Gasteiger partial charge is 0.263 e. The van der Waals surface area contributed by atoms with Gasteiger partial charge in [0.2, 0.25) is 0 Å². The van der Waals surface area contributed by atoms with E-state index < -0.39 is 0 Å². The number of thiazole rings is 1. The highest BCUT2D eigenvalue weighted by Gasteiger charge is 2.17. The van der Waals surface area contributed by atoms with Crippen molar-refractivity contribution in [2.24, 2.45) is 0 Å². The molecule has 21 heavy (non-hydrogen) atoms. The lowest BCUT2D eigenvalue weighted by Gasteiger charge is -2.02. The number of carbonyl (C=O) groups excluding carboxylic acids is 1. The molecule has 0 bridgehead atoms. The average molecular weight is 317 g/mol. The number of amides is 1. The van der Waals surface area contributed by atoms with Crippen LogP contribution in [-0.4, -0.2) is 10.9 Å². The van der Waals surface area contributed by atoms with E-state index in [1.54, 1.807) is 11.3 Å². The van der Waals surface area contributed by atoms with Crippen LogP contribution in [0.15, 0.2) is 23.6 Å². The van der Waals surface area contributed by atoms with Crippen LogP contribution in [0.3, 0.4) is 0 Å². The molecule has 0 saturated carbocycles. The fourth-order valence-electron chi connectivity index (χ4n) is 2.19. The molecule has 108 valence electrons. The Morgan fingerprint density at radius 1 is 1.38 bits per heavy atom. The molecule has 0 atom stereocenters. The van der Waals surface area contributed by atoms with Crippen LogP contribution in [0.1, 0.15) is 25.9 Å². The number of rotatable bonds is 3. The van der Waals surface area contributed by atoms with Crippen molar-refractivity contribution in [1.29, 1.82) is 0 Å². The number of nitrogen functional groups attached to an aromatic ring is 1. The van der Waals surface area contributed by atoms with E-state index in [0.29, 0.717) is 17.1 Å². The summed E-state index contributed by atoms with van der Waals surface area (Å²) in [6.07, 6.45) is 0. The van der Waals surface area contributed by atoms with Crippen LogP contribution in [-0.2, 0) is 6.54 Å². The summed E-state index contributed by atoms with van der Waals surface area (Å²) in [4.78, 5) is 17.2. The van der Waals surface area contributed by atoms with Gasteiger partial charge in [0.1, 0.15) is 4.88 Å². The Hall–Kier alpha value is -1.92. The maximum absolute atomic E-state index is 12.3. The first kappa shape index (κ1) is 14.0. The van der Waals surface area contributed by atoms with Gasteiger partial charge in [-0.2, -0.15) is 0 Å². The molecule has 0 saturated heterocycles. The van der Waals surface area contributed by atoms with Gasteiger partial charge in [-0.05, 0) is 19.4 Å². The lowest BCUT2D eigenvalue weighted by Crippen LogP contribution is -2.22. The fraction of sp³-hybridized carbons (Fsp3) is 0.200. The summed E-state index contributed by atoms with van der Waals surface area (Å²) in [7, 11) is 0. The fourth-order valence-corrected chi connectivity index (χ4v) is 3.91. The number of hydrogen-bond acceptors (Lipinski definition) is 5. The summed E-state index contributed by atoms with van der Waals surface area (Å²) >= 11 is 3.02. The van der Waals surface area contributed by atoms with E-state index in [2.05, 4.69) is 10.3 Å². The third-order valence-corrected chi connectivity index (χ3v) is 5.43. The highest BCUT2D eigenvalue weighted by molar-refractivity contribution is 7.21. The number of carbonyl (C=O) groups is 1. The van der Waals surface area contributed by atoms with Crippen LogP contribution in [0.2, 0.25) is 0 Å². The van der Waals surface area contributed by atoms with Crippen LogP contribution < -0.4 is 11.1 Å². The molecular formula is C15H15N3OS2. The maximum atomic E-state index is 12.3. The number of thiophene rings is 1. The van der Waals surface area contributed by atoms with Gasteiger partial charge in [-0.3, -0.25) is 4.79 Å². The first-order chi connectivity index (χ1) is 10.1. The van der Waals surface area contributed by atoms with Crippen molar-refractivity contribution < 1.29 is 4.79 Å². The average Bonchev–Trinajstić information content (AvgIpc) is 3.02. The second kappa shape index (κ2) is 5.46. The van der Waals surface area contributed by atoms with E-state index >= 15 is 0 Å². The van der Waals surface area contributed by atoms with E-state index in [-0.39, 0.29) is 5.91 Å². The van der Waals surface area contributed by atoms with Crippen molar-refractivity contribution >= 4 is 44.4 Å². The zero-order valence-corrected chi connectivity index (χ0v) is 13.4. The molecule has 0 unspecified atom stereocenters.